The Morgan fingerprint density at radius 2 is 1.11 bits per heavy atom. The molecule has 0 aliphatic carbocycles. The van der Waals surface area contributed by atoms with Gasteiger partial charge >= 0.3 is 0 Å². The van der Waals surface area contributed by atoms with Gasteiger partial charge in [0, 0.05) is 16.5 Å². The minimum Gasteiger partial charge on any atom is -0.308 e. The Labute approximate surface area is 204 Å². The predicted molar refractivity (Wildman–Crippen MR) is 146 cm³/mol. The monoisotopic (exact) mass is 466 g/mol. The van der Waals surface area contributed by atoms with Crippen LogP contribution in [0, 0.1) is 0 Å². The van der Waals surface area contributed by atoms with E-state index in [1.54, 1.807) is 11.3 Å². The summed E-state index contributed by atoms with van der Waals surface area (Å²) in [4.78, 5) is 10.3. The summed E-state index contributed by atoms with van der Waals surface area (Å²) in [5, 5.41) is 3.26. The molecular formula is C30H18N4S. The first-order chi connectivity index (χ1) is 17.4. The lowest BCUT2D eigenvalue weighted by Gasteiger charge is -2.08. The van der Waals surface area contributed by atoms with Gasteiger partial charge in [-0.25, -0.2) is 9.97 Å². The molecule has 8 rings (SSSR count). The Hall–Kier alpha value is -4.48. The SMILES string of the molecule is c1ccc(-n2c3ccccc3c3nc4c5ccccc5n(-c5nc6ccccc6s5)c4cc32)cc1. The van der Waals surface area contributed by atoms with Crippen molar-refractivity contribution in [2.45, 2.75) is 0 Å². The second-order valence-electron chi connectivity index (χ2n) is 8.73. The van der Waals surface area contributed by atoms with E-state index in [9.17, 15) is 0 Å². The zero-order valence-corrected chi connectivity index (χ0v) is 19.4. The highest BCUT2D eigenvalue weighted by atomic mass is 32.1. The average Bonchev–Trinajstić information content (AvgIpc) is 3.57. The van der Waals surface area contributed by atoms with Crippen molar-refractivity contribution in [1.29, 1.82) is 0 Å². The minimum atomic E-state index is 0.959. The molecule has 4 aromatic carbocycles. The molecule has 4 heterocycles. The highest BCUT2D eigenvalue weighted by molar-refractivity contribution is 7.20. The van der Waals surface area contributed by atoms with Gasteiger partial charge < -0.3 is 4.57 Å². The number of aromatic nitrogens is 4. The molecule has 8 aromatic rings. The molecule has 0 fully saturated rings. The lowest BCUT2D eigenvalue weighted by Crippen LogP contribution is -1.95. The lowest BCUT2D eigenvalue weighted by molar-refractivity contribution is 1.14. The molecule has 4 nitrogen and oxygen atoms in total. The predicted octanol–water partition coefficient (Wildman–Crippen LogP) is 7.89. The van der Waals surface area contributed by atoms with Gasteiger partial charge in [-0.1, -0.05) is 78.1 Å². The lowest BCUT2D eigenvalue weighted by atomic mass is 10.2. The third-order valence-corrected chi connectivity index (χ3v) is 7.77. The number of rotatable bonds is 2. The average molecular weight is 467 g/mol. The summed E-state index contributed by atoms with van der Waals surface area (Å²) in [7, 11) is 0. The Morgan fingerprint density at radius 1 is 0.514 bits per heavy atom. The molecule has 0 radical (unpaired) electrons. The van der Waals surface area contributed by atoms with Crippen LogP contribution in [-0.2, 0) is 0 Å². The molecule has 0 N–H and O–H groups in total. The Bertz CT molecular complexity index is 2030. The Morgan fingerprint density at radius 3 is 1.86 bits per heavy atom. The first-order valence-electron chi connectivity index (χ1n) is 11.6. The molecule has 0 saturated heterocycles. The van der Waals surface area contributed by atoms with E-state index < -0.39 is 0 Å². The van der Waals surface area contributed by atoms with Crippen molar-refractivity contribution < 1.29 is 0 Å². The van der Waals surface area contributed by atoms with Crippen molar-refractivity contribution in [2.24, 2.45) is 0 Å². The standard InChI is InChI=1S/C30H18N4S/c1-2-10-19(11-3-1)33-23-15-7-4-12-20(23)28-25(33)18-26-29(32-28)21-13-5-8-16-24(21)34(26)30-31-22-14-6-9-17-27(22)35-30/h1-18H. The van der Waals surface area contributed by atoms with Crippen LogP contribution in [0.4, 0.5) is 0 Å². The van der Waals surface area contributed by atoms with Crippen LogP contribution in [0.25, 0.3) is 64.9 Å². The third-order valence-electron chi connectivity index (χ3n) is 6.75. The maximum atomic E-state index is 5.32. The normalized spacial score (nSPS) is 12.0. The van der Waals surface area contributed by atoms with Gasteiger partial charge in [-0.15, -0.1) is 0 Å². The van der Waals surface area contributed by atoms with Crippen LogP contribution in [-0.4, -0.2) is 19.1 Å². The van der Waals surface area contributed by atoms with E-state index in [-0.39, 0.29) is 0 Å². The quantitative estimate of drug-likeness (QED) is 0.260. The van der Waals surface area contributed by atoms with Crippen molar-refractivity contribution in [1.82, 2.24) is 19.1 Å². The molecule has 0 bridgehead atoms. The van der Waals surface area contributed by atoms with E-state index >= 15 is 0 Å². The van der Waals surface area contributed by atoms with Gasteiger partial charge in [0.15, 0.2) is 5.13 Å². The van der Waals surface area contributed by atoms with Gasteiger partial charge in [-0.3, -0.25) is 4.57 Å². The van der Waals surface area contributed by atoms with Crippen LogP contribution in [0.2, 0.25) is 0 Å². The van der Waals surface area contributed by atoms with Crippen molar-refractivity contribution in [3.63, 3.8) is 0 Å². The fourth-order valence-corrected chi connectivity index (χ4v) is 6.24. The topological polar surface area (TPSA) is 35.6 Å². The number of fused-ring (bicyclic) bond motifs is 7. The number of hydrogen-bond donors (Lipinski definition) is 0. The van der Waals surface area contributed by atoms with Crippen LogP contribution >= 0.6 is 11.3 Å². The second kappa shape index (κ2) is 7.01. The second-order valence-corrected chi connectivity index (χ2v) is 9.74. The van der Waals surface area contributed by atoms with Gasteiger partial charge in [0.2, 0.25) is 0 Å². The third kappa shape index (κ3) is 2.61. The van der Waals surface area contributed by atoms with Gasteiger partial charge in [0.1, 0.15) is 0 Å². The maximum absolute atomic E-state index is 5.32. The van der Waals surface area contributed by atoms with E-state index in [1.165, 1.54) is 4.70 Å². The van der Waals surface area contributed by atoms with Crippen molar-refractivity contribution in [2.75, 3.05) is 0 Å². The zero-order chi connectivity index (χ0) is 22.9. The largest absolute Gasteiger partial charge is 0.308 e. The molecule has 0 amide bonds. The van der Waals surface area contributed by atoms with E-state index in [2.05, 4.69) is 112 Å². The van der Waals surface area contributed by atoms with Crippen LogP contribution in [0.3, 0.4) is 0 Å². The number of benzene rings is 4. The fourth-order valence-electron chi connectivity index (χ4n) is 5.24. The maximum Gasteiger partial charge on any atom is 0.195 e. The molecule has 4 aromatic heterocycles. The van der Waals surface area contributed by atoms with Gasteiger partial charge in [-0.05, 0) is 42.5 Å². The van der Waals surface area contributed by atoms with Crippen LogP contribution in [0.1, 0.15) is 0 Å². The van der Waals surface area contributed by atoms with E-state index in [0.717, 1.165) is 60.2 Å². The molecule has 5 heteroatoms. The summed E-state index contributed by atoms with van der Waals surface area (Å²) < 4.78 is 5.77. The number of para-hydroxylation sites is 4. The van der Waals surface area contributed by atoms with Gasteiger partial charge in [0.25, 0.3) is 0 Å². The first-order valence-corrected chi connectivity index (χ1v) is 12.4. The molecule has 164 valence electrons. The van der Waals surface area contributed by atoms with Crippen molar-refractivity contribution in [3.8, 4) is 10.8 Å². The molecule has 0 atom stereocenters. The summed E-state index contributed by atoms with van der Waals surface area (Å²) in [5.74, 6) is 0. The number of hydrogen-bond acceptors (Lipinski definition) is 3. The highest BCUT2D eigenvalue weighted by Gasteiger charge is 2.20. The number of nitrogens with zero attached hydrogens (tertiary/aromatic N) is 4. The number of pyridine rings is 1. The van der Waals surface area contributed by atoms with Crippen molar-refractivity contribution in [3.05, 3.63) is 109 Å². The summed E-state index contributed by atoms with van der Waals surface area (Å²) in [6, 6.07) is 38.2. The summed E-state index contributed by atoms with van der Waals surface area (Å²) in [6.45, 7) is 0. The van der Waals surface area contributed by atoms with Crippen LogP contribution < -0.4 is 0 Å². The summed E-state index contributed by atoms with van der Waals surface area (Å²) >= 11 is 1.71. The zero-order valence-electron chi connectivity index (χ0n) is 18.6. The summed E-state index contributed by atoms with van der Waals surface area (Å²) in [6.07, 6.45) is 0. The van der Waals surface area contributed by atoms with E-state index in [4.69, 9.17) is 9.97 Å². The van der Waals surface area contributed by atoms with Gasteiger partial charge in [0.05, 0.1) is 43.3 Å². The molecule has 0 aliphatic rings. The Kier molecular flexibility index (Phi) is 3.78. The molecule has 35 heavy (non-hydrogen) atoms. The smallest absolute Gasteiger partial charge is 0.195 e. The number of thiazole rings is 1. The molecule has 0 spiro atoms. The van der Waals surface area contributed by atoms with Crippen LogP contribution in [0.15, 0.2) is 109 Å². The fraction of sp³-hybridized carbons (Fsp3) is 0. The molecule has 0 saturated carbocycles. The van der Waals surface area contributed by atoms with Crippen LogP contribution in [0.5, 0.6) is 0 Å². The molecule has 0 unspecified atom stereocenters. The summed E-state index contributed by atoms with van der Waals surface area (Å²) in [5.41, 5.74) is 8.61. The van der Waals surface area contributed by atoms with Gasteiger partial charge in [-0.2, -0.15) is 0 Å². The van der Waals surface area contributed by atoms with E-state index in [1.807, 2.05) is 6.07 Å². The molecular weight excluding hydrogens is 448 g/mol. The van der Waals surface area contributed by atoms with E-state index in [0.29, 0.717) is 0 Å². The highest BCUT2D eigenvalue weighted by Crippen LogP contribution is 2.38. The molecule has 0 aliphatic heterocycles. The minimum absolute atomic E-state index is 0.959. The Balaban J connectivity index is 1.57. The van der Waals surface area contributed by atoms with Crippen molar-refractivity contribution >= 4 is 65.4 Å². The first kappa shape index (κ1) is 18.9.